The fraction of sp³-hybridized carbons (Fsp3) is 0.154. The first kappa shape index (κ1) is 10.5. The molecule has 2 rings (SSSR count). The van der Waals surface area contributed by atoms with Crippen molar-refractivity contribution in [2.75, 3.05) is 5.73 Å². The summed E-state index contributed by atoms with van der Waals surface area (Å²) in [5.41, 5.74) is 8.63. The number of nitrogens with zero attached hydrogens (tertiary/aromatic N) is 1. The number of benzene rings is 1. The van der Waals surface area contributed by atoms with Crippen LogP contribution in [0.2, 0.25) is 0 Å². The smallest absolute Gasteiger partial charge is 0.219 e. The molecule has 0 amide bonds. The summed E-state index contributed by atoms with van der Waals surface area (Å²) in [5.74, 6) is 1.35. The molecule has 1 aromatic heterocycles. The molecule has 82 valence electrons. The Morgan fingerprint density at radius 2 is 1.88 bits per heavy atom. The van der Waals surface area contributed by atoms with Crippen LogP contribution in [0.15, 0.2) is 36.5 Å². The van der Waals surface area contributed by atoms with Crippen molar-refractivity contribution in [3.8, 4) is 11.6 Å². The Labute approximate surface area is 94.9 Å². The molecule has 0 aliphatic carbocycles. The van der Waals surface area contributed by atoms with Gasteiger partial charge in [-0.15, -0.1) is 0 Å². The molecular formula is C13H14N2O. The van der Waals surface area contributed by atoms with Crippen LogP contribution in [0.25, 0.3) is 0 Å². The number of pyridine rings is 1. The van der Waals surface area contributed by atoms with E-state index in [9.17, 15) is 0 Å². The lowest BCUT2D eigenvalue weighted by Crippen LogP contribution is -1.91. The van der Waals surface area contributed by atoms with Crippen molar-refractivity contribution >= 4 is 5.69 Å². The van der Waals surface area contributed by atoms with Gasteiger partial charge in [0.25, 0.3) is 0 Å². The van der Waals surface area contributed by atoms with Gasteiger partial charge in [-0.25, -0.2) is 4.98 Å². The van der Waals surface area contributed by atoms with E-state index in [0.29, 0.717) is 11.6 Å². The maximum Gasteiger partial charge on any atom is 0.219 e. The van der Waals surface area contributed by atoms with E-state index in [0.717, 1.165) is 5.75 Å². The Morgan fingerprint density at radius 3 is 2.50 bits per heavy atom. The van der Waals surface area contributed by atoms with Crippen LogP contribution in [0.5, 0.6) is 11.6 Å². The Morgan fingerprint density at radius 1 is 1.06 bits per heavy atom. The van der Waals surface area contributed by atoms with Gasteiger partial charge in [0.1, 0.15) is 5.75 Å². The Bertz CT molecular complexity index is 492. The quantitative estimate of drug-likeness (QED) is 0.835. The summed E-state index contributed by atoms with van der Waals surface area (Å²) in [7, 11) is 0. The van der Waals surface area contributed by atoms with Gasteiger partial charge in [-0.05, 0) is 43.2 Å². The average Bonchev–Trinajstić information content (AvgIpc) is 2.27. The van der Waals surface area contributed by atoms with Gasteiger partial charge in [-0.2, -0.15) is 0 Å². The number of hydrogen-bond acceptors (Lipinski definition) is 3. The van der Waals surface area contributed by atoms with E-state index in [2.05, 4.69) is 18.8 Å². The van der Waals surface area contributed by atoms with Crippen LogP contribution in [0.3, 0.4) is 0 Å². The second kappa shape index (κ2) is 4.23. The Balaban J connectivity index is 2.20. The molecule has 0 aliphatic heterocycles. The number of aromatic nitrogens is 1. The van der Waals surface area contributed by atoms with E-state index < -0.39 is 0 Å². The zero-order valence-corrected chi connectivity index (χ0v) is 9.40. The molecule has 0 atom stereocenters. The zero-order valence-electron chi connectivity index (χ0n) is 9.40. The van der Waals surface area contributed by atoms with Crippen LogP contribution in [0.4, 0.5) is 5.69 Å². The second-order valence-electron chi connectivity index (χ2n) is 3.78. The van der Waals surface area contributed by atoms with Crippen molar-refractivity contribution < 1.29 is 4.74 Å². The van der Waals surface area contributed by atoms with Gasteiger partial charge < -0.3 is 10.5 Å². The first-order valence-electron chi connectivity index (χ1n) is 5.12. The minimum absolute atomic E-state index is 0.553. The molecule has 1 aromatic carbocycles. The molecule has 0 radical (unpaired) electrons. The SMILES string of the molecule is Cc1ccc(Oc2ccc(N)cn2)cc1C. The number of hydrogen-bond donors (Lipinski definition) is 1. The normalized spacial score (nSPS) is 10.1. The molecule has 1 heterocycles. The highest BCUT2D eigenvalue weighted by molar-refractivity contribution is 5.39. The topological polar surface area (TPSA) is 48.1 Å². The molecule has 0 saturated carbocycles. The molecule has 3 heteroatoms. The number of nitrogens with two attached hydrogens (primary N) is 1. The third-order valence-corrected chi connectivity index (χ3v) is 2.46. The van der Waals surface area contributed by atoms with Crippen LogP contribution in [-0.2, 0) is 0 Å². The van der Waals surface area contributed by atoms with E-state index in [4.69, 9.17) is 10.5 Å². The number of nitrogen functional groups attached to an aromatic ring is 1. The van der Waals surface area contributed by atoms with Crippen LogP contribution in [0.1, 0.15) is 11.1 Å². The summed E-state index contributed by atoms with van der Waals surface area (Å²) in [6.45, 7) is 4.12. The predicted octanol–water partition coefficient (Wildman–Crippen LogP) is 3.07. The molecule has 3 nitrogen and oxygen atoms in total. The average molecular weight is 214 g/mol. The fourth-order valence-corrected chi connectivity index (χ4v) is 1.35. The lowest BCUT2D eigenvalue weighted by molar-refractivity contribution is 0.462. The fourth-order valence-electron chi connectivity index (χ4n) is 1.35. The summed E-state index contributed by atoms with van der Waals surface area (Å²) in [6.07, 6.45) is 1.58. The van der Waals surface area contributed by atoms with Gasteiger partial charge in [0.15, 0.2) is 0 Å². The number of ether oxygens (including phenoxy) is 1. The van der Waals surface area contributed by atoms with Crippen molar-refractivity contribution in [2.24, 2.45) is 0 Å². The number of anilines is 1. The lowest BCUT2D eigenvalue weighted by atomic mass is 10.1. The Hall–Kier alpha value is -2.03. The zero-order chi connectivity index (χ0) is 11.5. The largest absolute Gasteiger partial charge is 0.439 e. The van der Waals surface area contributed by atoms with E-state index in [1.54, 1.807) is 18.3 Å². The number of rotatable bonds is 2. The van der Waals surface area contributed by atoms with E-state index >= 15 is 0 Å². The van der Waals surface area contributed by atoms with E-state index in [-0.39, 0.29) is 0 Å². The standard InChI is InChI=1S/C13H14N2O/c1-9-3-5-12(7-10(9)2)16-13-6-4-11(14)8-15-13/h3-8H,14H2,1-2H3. The van der Waals surface area contributed by atoms with Gasteiger partial charge in [-0.1, -0.05) is 6.07 Å². The second-order valence-corrected chi connectivity index (χ2v) is 3.78. The highest BCUT2D eigenvalue weighted by atomic mass is 16.5. The van der Waals surface area contributed by atoms with Crippen LogP contribution in [0, 0.1) is 13.8 Å². The predicted molar refractivity (Wildman–Crippen MR) is 64.6 cm³/mol. The monoisotopic (exact) mass is 214 g/mol. The maximum atomic E-state index is 5.60. The molecule has 2 aromatic rings. The Kier molecular flexibility index (Phi) is 2.77. The van der Waals surface area contributed by atoms with Crippen LogP contribution in [-0.4, -0.2) is 4.98 Å². The van der Waals surface area contributed by atoms with Gasteiger partial charge in [-0.3, -0.25) is 0 Å². The van der Waals surface area contributed by atoms with Crippen molar-refractivity contribution in [3.63, 3.8) is 0 Å². The van der Waals surface area contributed by atoms with Gasteiger partial charge in [0.05, 0.1) is 11.9 Å². The molecule has 0 saturated heterocycles. The van der Waals surface area contributed by atoms with E-state index in [1.807, 2.05) is 18.2 Å². The summed E-state index contributed by atoms with van der Waals surface area (Å²) in [4.78, 5) is 4.08. The van der Waals surface area contributed by atoms with Crippen molar-refractivity contribution in [1.82, 2.24) is 4.98 Å². The summed E-state index contributed by atoms with van der Waals surface area (Å²) in [6, 6.07) is 9.48. The van der Waals surface area contributed by atoms with E-state index in [1.165, 1.54) is 11.1 Å². The molecule has 0 bridgehead atoms. The van der Waals surface area contributed by atoms with Gasteiger partial charge >= 0.3 is 0 Å². The molecular weight excluding hydrogens is 200 g/mol. The van der Waals surface area contributed by atoms with Gasteiger partial charge in [0, 0.05) is 6.07 Å². The van der Waals surface area contributed by atoms with Gasteiger partial charge in [0.2, 0.25) is 5.88 Å². The van der Waals surface area contributed by atoms with Crippen LogP contribution < -0.4 is 10.5 Å². The minimum Gasteiger partial charge on any atom is -0.439 e. The first-order chi connectivity index (χ1) is 7.65. The molecule has 2 N–H and O–H groups in total. The highest BCUT2D eigenvalue weighted by Gasteiger charge is 2.00. The molecule has 16 heavy (non-hydrogen) atoms. The van der Waals surface area contributed by atoms with Crippen molar-refractivity contribution in [2.45, 2.75) is 13.8 Å². The summed E-state index contributed by atoms with van der Waals surface area (Å²) < 4.78 is 5.60. The summed E-state index contributed by atoms with van der Waals surface area (Å²) >= 11 is 0. The number of aryl methyl sites for hydroxylation is 2. The van der Waals surface area contributed by atoms with Crippen molar-refractivity contribution in [1.29, 1.82) is 0 Å². The van der Waals surface area contributed by atoms with Crippen molar-refractivity contribution in [3.05, 3.63) is 47.7 Å². The molecule has 0 aliphatic rings. The first-order valence-corrected chi connectivity index (χ1v) is 5.12. The maximum absolute atomic E-state index is 5.60. The molecule has 0 spiro atoms. The minimum atomic E-state index is 0.553. The summed E-state index contributed by atoms with van der Waals surface area (Å²) in [5, 5.41) is 0. The molecule has 0 fully saturated rings. The van der Waals surface area contributed by atoms with Crippen LogP contribution >= 0.6 is 0 Å². The molecule has 0 unspecified atom stereocenters. The third kappa shape index (κ3) is 2.31. The highest BCUT2D eigenvalue weighted by Crippen LogP contribution is 2.22. The lowest BCUT2D eigenvalue weighted by Gasteiger charge is -2.06. The third-order valence-electron chi connectivity index (χ3n) is 2.46.